The highest BCUT2D eigenvalue weighted by molar-refractivity contribution is 5.69. The van der Waals surface area contributed by atoms with Gasteiger partial charge in [0.1, 0.15) is 6.10 Å². The van der Waals surface area contributed by atoms with Gasteiger partial charge in [-0.3, -0.25) is 9.59 Å². The van der Waals surface area contributed by atoms with E-state index in [1.54, 1.807) is 0 Å². The molecule has 0 aliphatic heterocycles. The van der Waals surface area contributed by atoms with Gasteiger partial charge in [0.25, 0.3) is 0 Å². The van der Waals surface area contributed by atoms with Crippen LogP contribution in [-0.4, -0.2) is 23.1 Å². The number of unbranched alkanes of at least 4 members (excludes halogenated alkanes) is 9. The van der Waals surface area contributed by atoms with Crippen molar-refractivity contribution in [1.29, 1.82) is 0 Å². The zero-order chi connectivity index (χ0) is 26.5. The number of esters is 1. The van der Waals surface area contributed by atoms with Gasteiger partial charge in [-0.1, -0.05) is 107 Å². The first-order valence-electron chi connectivity index (χ1n) is 14.6. The molecular formula is C32H54O4. The minimum Gasteiger partial charge on any atom is -0.481 e. The van der Waals surface area contributed by atoms with E-state index in [0.29, 0.717) is 12.8 Å². The summed E-state index contributed by atoms with van der Waals surface area (Å²) in [5.74, 6) is -1.01. The molecular weight excluding hydrogens is 448 g/mol. The van der Waals surface area contributed by atoms with E-state index in [2.05, 4.69) is 62.5 Å². The van der Waals surface area contributed by atoms with Gasteiger partial charge in [0.15, 0.2) is 0 Å². The first-order valence-corrected chi connectivity index (χ1v) is 14.6. The highest BCUT2D eigenvalue weighted by Gasteiger charge is 2.15. The van der Waals surface area contributed by atoms with E-state index >= 15 is 0 Å². The zero-order valence-electron chi connectivity index (χ0n) is 23.3. The van der Waals surface area contributed by atoms with E-state index < -0.39 is 5.97 Å². The lowest BCUT2D eigenvalue weighted by atomic mass is 10.0. The molecule has 1 unspecified atom stereocenters. The van der Waals surface area contributed by atoms with Crippen molar-refractivity contribution >= 4 is 11.9 Å². The van der Waals surface area contributed by atoms with Crippen LogP contribution >= 0.6 is 0 Å². The van der Waals surface area contributed by atoms with E-state index in [4.69, 9.17) is 9.84 Å². The van der Waals surface area contributed by atoms with Crippen LogP contribution in [0.1, 0.15) is 136 Å². The number of hydrogen-bond acceptors (Lipinski definition) is 3. The van der Waals surface area contributed by atoms with Crippen LogP contribution < -0.4 is 0 Å². The van der Waals surface area contributed by atoms with Gasteiger partial charge in [-0.25, -0.2) is 0 Å². The predicted molar refractivity (Wildman–Crippen MR) is 153 cm³/mol. The molecule has 0 radical (unpaired) electrons. The van der Waals surface area contributed by atoms with E-state index in [9.17, 15) is 9.59 Å². The first kappa shape index (κ1) is 33.9. The van der Waals surface area contributed by atoms with Crippen LogP contribution in [0.3, 0.4) is 0 Å². The van der Waals surface area contributed by atoms with Gasteiger partial charge in [-0.05, 0) is 64.2 Å². The predicted octanol–water partition coefficient (Wildman–Crippen LogP) is 9.66. The topological polar surface area (TPSA) is 63.6 Å². The average molecular weight is 503 g/mol. The molecule has 0 heterocycles. The van der Waals surface area contributed by atoms with Crippen molar-refractivity contribution in [2.24, 2.45) is 0 Å². The number of aliphatic carboxylic acids is 1. The van der Waals surface area contributed by atoms with Crippen molar-refractivity contribution in [2.75, 3.05) is 0 Å². The molecule has 0 aromatic heterocycles. The summed E-state index contributed by atoms with van der Waals surface area (Å²) in [6, 6.07) is 0. The number of carboxylic acids is 1. The van der Waals surface area contributed by atoms with Crippen molar-refractivity contribution in [3.05, 3.63) is 48.6 Å². The molecule has 206 valence electrons. The van der Waals surface area contributed by atoms with Gasteiger partial charge in [-0.2, -0.15) is 0 Å². The van der Waals surface area contributed by atoms with Crippen LogP contribution in [0.25, 0.3) is 0 Å². The summed E-state index contributed by atoms with van der Waals surface area (Å²) < 4.78 is 5.64. The monoisotopic (exact) mass is 502 g/mol. The van der Waals surface area contributed by atoms with E-state index in [1.165, 1.54) is 38.5 Å². The number of rotatable bonds is 25. The Labute approximate surface area is 222 Å². The second-order valence-corrected chi connectivity index (χ2v) is 9.55. The summed E-state index contributed by atoms with van der Waals surface area (Å²) in [7, 11) is 0. The smallest absolute Gasteiger partial charge is 0.306 e. The summed E-state index contributed by atoms with van der Waals surface area (Å²) in [6.07, 6.45) is 35.4. The molecule has 0 aliphatic carbocycles. The zero-order valence-corrected chi connectivity index (χ0v) is 23.3. The third-order valence-electron chi connectivity index (χ3n) is 6.08. The second kappa shape index (κ2) is 27.5. The average Bonchev–Trinajstić information content (AvgIpc) is 2.86. The van der Waals surface area contributed by atoms with Crippen LogP contribution in [0, 0.1) is 0 Å². The minimum absolute atomic E-state index is 0.0563. The molecule has 0 aromatic rings. The van der Waals surface area contributed by atoms with Crippen LogP contribution in [-0.2, 0) is 14.3 Å². The summed E-state index contributed by atoms with van der Waals surface area (Å²) in [4.78, 5) is 23.2. The Morgan fingerprint density at radius 3 is 1.78 bits per heavy atom. The van der Waals surface area contributed by atoms with Crippen LogP contribution in [0.4, 0.5) is 0 Å². The quantitative estimate of drug-likeness (QED) is 0.0766. The highest BCUT2D eigenvalue weighted by Crippen LogP contribution is 2.16. The van der Waals surface area contributed by atoms with E-state index in [-0.39, 0.29) is 18.5 Å². The maximum absolute atomic E-state index is 12.3. The number of carboxylic acid groups (broad SMARTS) is 1. The molecule has 0 aliphatic rings. The molecule has 1 atom stereocenters. The lowest BCUT2D eigenvalue weighted by molar-refractivity contribution is -0.151. The Bertz CT molecular complexity index is 630. The molecule has 0 spiro atoms. The van der Waals surface area contributed by atoms with Gasteiger partial charge >= 0.3 is 11.9 Å². The molecule has 0 saturated heterocycles. The van der Waals surface area contributed by atoms with Gasteiger partial charge in [-0.15, -0.1) is 0 Å². The molecule has 1 N–H and O–H groups in total. The number of hydrogen-bond donors (Lipinski definition) is 1. The Hall–Kier alpha value is -2.10. The number of carbonyl (C=O) groups excluding carboxylic acids is 1. The molecule has 0 bridgehead atoms. The lowest BCUT2D eigenvalue weighted by Gasteiger charge is -2.17. The minimum atomic E-state index is -0.829. The molecule has 4 nitrogen and oxygen atoms in total. The Balaban J connectivity index is 3.93. The van der Waals surface area contributed by atoms with Crippen molar-refractivity contribution in [3.63, 3.8) is 0 Å². The maximum atomic E-state index is 12.3. The van der Waals surface area contributed by atoms with Gasteiger partial charge in [0, 0.05) is 12.8 Å². The third kappa shape index (κ3) is 26.5. The fourth-order valence-electron chi connectivity index (χ4n) is 3.93. The number of ether oxygens (including phenoxy) is 1. The summed E-state index contributed by atoms with van der Waals surface area (Å²) in [5, 5.41) is 9.00. The number of carbonyl (C=O) groups is 2. The SMILES string of the molecule is CC/C=C\C/C=C\C/C=C\C/C=C\CCCCC(=O)OC(CCCCCCCCCC)CCC(=O)O. The van der Waals surface area contributed by atoms with Crippen molar-refractivity contribution in [1.82, 2.24) is 0 Å². The van der Waals surface area contributed by atoms with Crippen molar-refractivity contribution in [3.8, 4) is 0 Å². The van der Waals surface area contributed by atoms with Gasteiger partial charge in [0.2, 0.25) is 0 Å². The van der Waals surface area contributed by atoms with Crippen LogP contribution in [0.15, 0.2) is 48.6 Å². The highest BCUT2D eigenvalue weighted by atomic mass is 16.5. The van der Waals surface area contributed by atoms with E-state index in [0.717, 1.165) is 64.2 Å². The lowest BCUT2D eigenvalue weighted by Crippen LogP contribution is -2.19. The molecule has 0 amide bonds. The van der Waals surface area contributed by atoms with Crippen molar-refractivity contribution in [2.45, 2.75) is 142 Å². The first-order chi connectivity index (χ1) is 17.6. The normalized spacial score (nSPS) is 12.9. The second-order valence-electron chi connectivity index (χ2n) is 9.55. The molecule has 0 fully saturated rings. The molecule has 36 heavy (non-hydrogen) atoms. The third-order valence-corrected chi connectivity index (χ3v) is 6.08. The molecule has 0 rings (SSSR count). The van der Waals surface area contributed by atoms with Crippen molar-refractivity contribution < 1.29 is 19.4 Å². The Morgan fingerprint density at radius 2 is 1.19 bits per heavy atom. The maximum Gasteiger partial charge on any atom is 0.306 e. The molecule has 4 heteroatoms. The largest absolute Gasteiger partial charge is 0.481 e. The Kier molecular flexibility index (Phi) is 25.9. The fourth-order valence-corrected chi connectivity index (χ4v) is 3.93. The summed E-state index contributed by atoms with van der Waals surface area (Å²) in [6.45, 7) is 4.37. The van der Waals surface area contributed by atoms with Gasteiger partial charge in [0.05, 0.1) is 0 Å². The summed E-state index contributed by atoms with van der Waals surface area (Å²) in [5.41, 5.74) is 0. The standard InChI is InChI=1S/C32H54O4/c1-3-5-7-9-11-13-14-15-16-17-18-19-21-23-25-27-32(35)36-30(28-29-31(33)34)26-24-22-20-12-10-8-6-4-2/h5,7,11,13,15-16,18-19,30H,3-4,6,8-10,12,14,17,20-29H2,1-2H3,(H,33,34)/b7-5-,13-11-,16-15-,19-18-. The molecule has 0 aromatic carbocycles. The fraction of sp³-hybridized carbons (Fsp3) is 0.688. The molecule has 0 saturated carbocycles. The van der Waals surface area contributed by atoms with Crippen LogP contribution in [0.5, 0.6) is 0 Å². The van der Waals surface area contributed by atoms with E-state index in [1.807, 2.05) is 0 Å². The number of allylic oxidation sites excluding steroid dienone is 8. The van der Waals surface area contributed by atoms with Crippen LogP contribution in [0.2, 0.25) is 0 Å². The Morgan fingerprint density at radius 1 is 0.639 bits per heavy atom. The van der Waals surface area contributed by atoms with Gasteiger partial charge < -0.3 is 9.84 Å². The summed E-state index contributed by atoms with van der Waals surface area (Å²) >= 11 is 0.